The van der Waals surface area contributed by atoms with Crippen LogP contribution < -0.4 is 5.32 Å². The molecule has 1 aliphatic rings. The highest BCUT2D eigenvalue weighted by Crippen LogP contribution is 2.24. The van der Waals surface area contributed by atoms with Crippen molar-refractivity contribution in [1.82, 2.24) is 10.2 Å². The highest BCUT2D eigenvalue weighted by atomic mass is 16.5. The molecule has 0 spiro atoms. The molecule has 1 unspecified atom stereocenters. The van der Waals surface area contributed by atoms with Gasteiger partial charge in [0.15, 0.2) is 0 Å². The van der Waals surface area contributed by atoms with Gasteiger partial charge in [-0.1, -0.05) is 37.3 Å². The predicted molar refractivity (Wildman–Crippen MR) is 79.3 cm³/mol. The van der Waals surface area contributed by atoms with Gasteiger partial charge in [0, 0.05) is 31.8 Å². The van der Waals surface area contributed by atoms with Crippen LogP contribution in [0.15, 0.2) is 30.3 Å². The molecule has 0 aliphatic carbocycles. The molecule has 19 heavy (non-hydrogen) atoms. The SMILES string of the molecule is CCNCC(c1ccccc1)N(C)C1CCOCC1. The predicted octanol–water partition coefficient (Wildman–Crippen LogP) is 2.45. The van der Waals surface area contributed by atoms with Crippen molar-refractivity contribution in [3.05, 3.63) is 35.9 Å². The van der Waals surface area contributed by atoms with Crippen LogP contribution in [0.1, 0.15) is 31.4 Å². The Bertz CT molecular complexity index is 349. The Hall–Kier alpha value is -0.900. The second-order valence-electron chi connectivity index (χ2n) is 5.24. The molecule has 2 rings (SSSR count). The molecule has 1 saturated heterocycles. The maximum Gasteiger partial charge on any atom is 0.0480 e. The molecule has 106 valence electrons. The molecule has 0 aromatic heterocycles. The molecule has 0 saturated carbocycles. The lowest BCUT2D eigenvalue weighted by Gasteiger charge is -2.37. The van der Waals surface area contributed by atoms with Crippen molar-refractivity contribution in [3.8, 4) is 0 Å². The lowest BCUT2D eigenvalue weighted by Crippen LogP contribution is -2.42. The Morgan fingerprint density at radius 2 is 1.95 bits per heavy atom. The van der Waals surface area contributed by atoms with Gasteiger partial charge in [0.05, 0.1) is 0 Å². The number of benzene rings is 1. The first kappa shape index (κ1) is 14.5. The summed E-state index contributed by atoms with van der Waals surface area (Å²) in [6, 6.07) is 11.9. The molecule has 1 atom stereocenters. The Morgan fingerprint density at radius 3 is 2.58 bits per heavy atom. The molecule has 3 heteroatoms. The Labute approximate surface area is 116 Å². The van der Waals surface area contributed by atoms with E-state index in [1.165, 1.54) is 5.56 Å². The maximum absolute atomic E-state index is 5.47. The van der Waals surface area contributed by atoms with Crippen LogP contribution in [0.25, 0.3) is 0 Å². The normalized spacial score (nSPS) is 18.7. The summed E-state index contributed by atoms with van der Waals surface area (Å²) in [6.07, 6.45) is 2.29. The molecule has 1 aromatic carbocycles. The van der Waals surface area contributed by atoms with Gasteiger partial charge in [0.25, 0.3) is 0 Å². The molecular weight excluding hydrogens is 236 g/mol. The van der Waals surface area contributed by atoms with E-state index in [4.69, 9.17) is 4.74 Å². The van der Waals surface area contributed by atoms with E-state index < -0.39 is 0 Å². The molecule has 0 amide bonds. The van der Waals surface area contributed by atoms with Gasteiger partial charge < -0.3 is 10.1 Å². The van der Waals surface area contributed by atoms with Crippen LogP contribution in [0.4, 0.5) is 0 Å². The largest absolute Gasteiger partial charge is 0.381 e. The number of likely N-dealkylation sites (N-methyl/N-ethyl adjacent to an activating group) is 2. The quantitative estimate of drug-likeness (QED) is 0.852. The number of hydrogen-bond donors (Lipinski definition) is 1. The molecule has 0 bridgehead atoms. The van der Waals surface area contributed by atoms with E-state index in [1.54, 1.807) is 0 Å². The lowest BCUT2D eigenvalue weighted by molar-refractivity contribution is 0.0281. The maximum atomic E-state index is 5.47. The summed E-state index contributed by atoms with van der Waals surface area (Å²) in [4.78, 5) is 2.53. The minimum absolute atomic E-state index is 0.448. The fraction of sp³-hybridized carbons (Fsp3) is 0.625. The van der Waals surface area contributed by atoms with Gasteiger partial charge >= 0.3 is 0 Å². The van der Waals surface area contributed by atoms with Crippen LogP contribution >= 0.6 is 0 Å². The van der Waals surface area contributed by atoms with Gasteiger partial charge in [0.1, 0.15) is 0 Å². The van der Waals surface area contributed by atoms with E-state index in [0.29, 0.717) is 12.1 Å². The molecule has 1 aromatic rings. The van der Waals surface area contributed by atoms with E-state index in [-0.39, 0.29) is 0 Å². The zero-order chi connectivity index (χ0) is 13.5. The lowest BCUT2D eigenvalue weighted by atomic mass is 10.0. The monoisotopic (exact) mass is 262 g/mol. The molecule has 1 heterocycles. The summed E-state index contributed by atoms with van der Waals surface area (Å²) in [5.74, 6) is 0. The topological polar surface area (TPSA) is 24.5 Å². The van der Waals surface area contributed by atoms with Gasteiger partial charge in [0.2, 0.25) is 0 Å². The van der Waals surface area contributed by atoms with Crippen molar-refractivity contribution in [2.75, 3.05) is 33.4 Å². The van der Waals surface area contributed by atoms with Gasteiger partial charge in [-0.05, 0) is 32.0 Å². The highest BCUT2D eigenvalue weighted by Gasteiger charge is 2.25. The van der Waals surface area contributed by atoms with Crippen LogP contribution in [0, 0.1) is 0 Å². The summed E-state index contributed by atoms with van der Waals surface area (Å²) < 4.78 is 5.47. The fourth-order valence-electron chi connectivity index (χ4n) is 2.80. The van der Waals surface area contributed by atoms with Crippen LogP contribution in [0.2, 0.25) is 0 Å². The third-order valence-electron chi connectivity index (χ3n) is 4.03. The van der Waals surface area contributed by atoms with E-state index in [0.717, 1.165) is 39.1 Å². The molecular formula is C16H26N2O. The van der Waals surface area contributed by atoms with Crippen molar-refractivity contribution in [1.29, 1.82) is 0 Å². The zero-order valence-corrected chi connectivity index (χ0v) is 12.1. The Morgan fingerprint density at radius 1 is 1.26 bits per heavy atom. The van der Waals surface area contributed by atoms with Crippen LogP contribution in [-0.2, 0) is 4.74 Å². The number of hydrogen-bond acceptors (Lipinski definition) is 3. The van der Waals surface area contributed by atoms with Gasteiger partial charge in [-0.25, -0.2) is 0 Å². The van der Waals surface area contributed by atoms with Crippen molar-refractivity contribution in [3.63, 3.8) is 0 Å². The average molecular weight is 262 g/mol. The molecule has 1 fully saturated rings. The van der Waals surface area contributed by atoms with Crippen LogP contribution in [-0.4, -0.2) is 44.3 Å². The van der Waals surface area contributed by atoms with Crippen molar-refractivity contribution in [2.45, 2.75) is 31.8 Å². The van der Waals surface area contributed by atoms with Crippen molar-refractivity contribution < 1.29 is 4.74 Å². The van der Waals surface area contributed by atoms with E-state index >= 15 is 0 Å². The number of nitrogens with zero attached hydrogens (tertiary/aromatic N) is 1. The molecule has 3 nitrogen and oxygen atoms in total. The number of nitrogens with one attached hydrogen (secondary N) is 1. The minimum Gasteiger partial charge on any atom is -0.381 e. The standard InChI is InChI=1S/C16H26N2O/c1-3-17-13-16(14-7-5-4-6-8-14)18(2)15-9-11-19-12-10-15/h4-8,15-17H,3,9-13H2,1-2H3. The third kappa shape index (κ3) is 4.03. The first-order chi connectivity index (χ1) is 9.33. The van der Waals surface area contributed by atoms with E-state index in [2.05, 4.69) is 54.5 Å². The molecule has 1 N–H and O–H groups in total. The minimum atomic E-state index is 0.448. The first-order valence-electron chi connectivity index (χ1n) is 7.38. The first-order valence-corrected chi connectivity index (χ1v) is 7.38. The molecule has 0 radical (unpaired) electrons. The summed E-state index contributed by atoms with van der Waals surface area (Å²) in [5.41, 5.74) is 1.40. The van der Waals surface area contributed by atoms with Gasteiger partial charge in [-0.3, -0.25) is 4.90 Å². The number of rotatable bonds is 6. The summed E-state index contributed by atoms with van der Waals surface area (Å²) in [6.45, 7) is 5.99. The third-order valence-corrected chi connectivity index (χ3v) is 4.03. The Kier molecular flexibility index (Phi) is 5.83. The summed E-state index contributed by atoms with van der Waals surface area (Å²) in [7, 11) is 2.25. The van der Waals surface area contributed by atoms with Gasteiger partial charge in [-0.15, -0.1) is 0 Å². The number of ether oxygens (including phenoxy) is 1. The van der Waals surface area contributed by atoms with Crippen LogP contribution in [0.5, 0.6) is 0 Å². The highest BCUT2D eigenvalue weighted by molar-refractivity contribution is 5.19. The Balaban J connectivity index is 2.07. The van der Waals surface area contributed by atoms with E-state index in [1.807, 2.05) is 0 Å². The second kappa shape index (κ2) is 7.63. The second-order valence-corrected chi connectivity index (χ2v) is 5.24. The average Bonchev–Trinajstić information content (AvgIpc) is 2.49. The van der Waals surface area contributed by atoms with E-state index in [9.17, 15) is 0 Å². The zero-order valence-electron chi connectivity index (χ0n) is 12.1. The summed E-state index contributed by atoms with van der Waals surface area (Å²) in [5, 5.41) is 3.49. The fourth-order valence-corrected chi connectivity index (χ4v) is 2.80. The van der Waals surface area contributed by atoms with Crippen LogP contribution in [0.3, 0.4) is 0 Å². The van der Waals surface area contributed by atoms with Gasteiger partial charge in [-0.2, -0.15) is 0 Å². The molecule has 1 aliphatic heterocycles. The summed E-state index contributed by atoms with van der Waals surface area (Å²) >= 11 is 0. The smallest absolute Gasteiger partial charge is 0.0480 e. The van der Waals surface area contributed by atoms with Crippen molar-refractivity contribution >= 4 is 0 Å². The van der Waals surface area contributed by atoms with Crippen molar-refractivity contribution in [2.24, 2.45) is 0 Å².